The molecule has 0 saturated heterocycles. The van der Waals surface area contributed by atoms with Crippen LogP contribution in [0.15, 0.2) is 18.2 Å². The zero-order valence-electron chi connectivity index (χ0n) is 12.7. The van der Waals surface area contributed by atoms with Crippen molar-refractivity contribution in [3.05, 3.63) is 23.8 Å². The van der Waals surface area contributed by atoms with Crippen LogP contribution in [0.4, 0.5) is 0 Å². The average Bonchev–Trinajstić information content (AvgIpc) is 2.29. The molecule has 1 aromatic carbocycles. The zero-order valence-corrected chi connectivity index (χ0v) is 13.7. The van der Waals surface area contributed by atoms with Gasteiger partial charge >= 0.3 is 0 Å². The predicted molar refractivity (Wildman–Crippen MR) is 80.6 cm³/mol. The lowest BCUT2D eigenvalue weighted by Crippen LogP contribution is -2.43. The Kier molecular flexibility index (Phi) is 4.79. The largest absolute Gasteiger partial charge is 0.541 e. The first kappa shape index (κ1) is 15.8. The molecule has 0 N–H and O–H groups in total. The number of rotatable bonds is 5. The van der Waals surface area contributed by atoms with E-state index in [0.29, 0.717) is 12.2 Å². The van der Waals surface area contributed by atoms with Crippen molar-refractivity contribution in [2.45, 2.75) is 45.3 Å². The fraction of sp³-hybridized carbons (Fsp3) is 0.533. The van der Waals surface area contributed by atoms with E-state index in [1.807, 2.05) is 18.2 Å². The number of ether oxygens (including phenoxy) is 1. The van der Waals surface area contributed by atoms with Crippen molar-refractivity contribution in [2.24, 2.45) is 0 Å². The Bertz CT molecular complexity index is 447. The Hall–Kier alpha value is -1.29. The molecule has 0 fully saturated rings. The van der Waals surface area contributed by atoms with Crippen LogP contribution in [-0.2, 0) is 11.2 Å². The molecule has 0 atom stereocenters. The maximum absolute atomic E-state index is 10.6. The summed E-state index contributed by atoms with van der Waals surface area (Å²) in [5, 5.41) is 0.138. The lowest BCUT2D eigenvalue weighted by atomic mass is 10.1. The minimum Gasteiger partial charge on any atom is -0.541 e. The third-order valence-electron chi connectivity index (χ3n) is 3.72. The highest BCUT2D eigenvalue weighted by Gasteiger charge is 2.39. The maximum atomic E-state index is 10.6. The van der Waals surface area contributed by atoms with Gasteiger partial charge in [0.05, 0.1) is 7.11 Å². The summed E-state index contributed by atoms with van der Waals surface area (Å²) in [6.45, 7) is 11.0. The molecule has 0 bridgehead atoms. The number of carbonyl (C=O) groups excluding carboxylic acids is 1. The summed E-state index contributed by atoms with van der Waals surface area (Å²) in [6, 6.07) is 5.69. The molecule has 0 unspecified atom stereocenters. The molecule has 0 radical (unpaired) electrons. The normalized spacial score (nSPS) is 12.1. The molecular weight excluding hydrogens is 256 g/mol. The van der Waals surface area contributed by atoms with E-state index in [2.05, 4.69) is 33.9 Å². The van der Waals surface area contributed by atoms with Crippen molar-refractivity contribution in [3.8, 4) is 11.5 Å². The van der Waals surface area contributed by atoms with Gasteiger partial charge in [-0.25, -0.2) is 0 Å². The lowest BCUT2D eigenvalue weighted by Gasteiger charge is -2.36. The van der Waals surface area contributed by atoms with Gasteiger partial charge in [0.25, 0.3) is 8.32 Å². The number of hydrogen-bond acceptors (Lipinski definition) is 3. The molecule has 0 aromatic heterocycles. The molecule has 0 aliphatic rings. The fourth-order valence-corrected chi connectivity index (χ4v) is 2.47. The van der Waals surface area contributed by atoms with E-state index in [1.54, 1.807) is 7.11 Å². The molecule has 0 heterocycles. The maximum Gasteiger partial charge on any atom is 0.250 e. The third-order valence-corrected chi connectivity index (χ3v) is 8.06. The summed E-state index contributed by atoms with van der Waals surface area (Å²) in [4.78, 5) is 10.6. The van der Waals surface area contributed by atoms with Gasteiger partial charge in [0, 0.05) is 6.42 Å². The standard InChI is InChI=1S/C15H24O3Si/c1-15(2,3)19(5,6)18-13-8-7-12(9-10-16)11-14(13)17-4/h7-8,10-11H,9H2,1-6H3. The summed E-state index contributed by atoms with van der Waals surface area (Å²) < 4.78 is 11.6. The highest BCUT2D eigenvalue weighted by atomic mass is 28.4. The Labute approximate surface area is 117 Å². The quantitative estimate of drug-likeness (QED) is 0.607. The molecule has 1 aromatic rings. The fourth-order valence-electron chi connectivity index (χ4n) is 1.45. The lowest BCUT2D eigenvalue weighted by molar-refractivity contribution is -0.107. The smallest absolute Gasteiger partial charge is 0.250 e. The minimum atomic E-state index is -1.88. The van der Waals surface area contributed by atoms with Crippen LogP contribution in [0.2, 0.25) is 18.1 Å². The average molecular weight is 280 g/mol. The van der Waals surface area contributed by atoms with Crippen molar-refractivity contribution in [3.63, 3.8) is 0 Å². The Morgan fingerprint density at radius 1 is 1.21 bits per heavy atom. The van der Waals surface area contributed by atoms with E-state index in [4.69, 9.17) is 9.16 Å². The Morgan fingerprint density at radius 3 is 2.32 bits per heavy atom. The molecule has 1 rings (SSSR count). The first-order chi connectivity index (χ1) is 8.71. The Morgan fingerprint density at radius 2 is 1.84 bits per heavy atom. The molecule has 0 spiro atoms. The van der Waals surface area contributed by atoms with Gasteiger partial charge in [-0.1, -0.05) is 26.8 Å². The van der Waals surface area contributed by atoms with Crippen molar-refractivity contribution in [2.75, 3.05) is 7.11 Å². The van der Waals surface area contributed by atoms with Crippen LogP contribution in [0.5, 0.6) is 11.5 Å². The molecule has 0 aliphatic heterocycles. The van der Waals surface area contributed by atoms with E-state index in [1.165, 1.54) is 0 Å². The molecule has 19 heavy (non-hydrogen) atoms. The SMILES string of the molecule is COc1cc(CC=O)ccc1O[Si](C)(C)C(C)(C)C. The first-order valence-corrected chi connectivity index (χ1v) is 9.41. The van der Waals surface area contributed by atoms with E-state index in [9.17, 15) is 4.79 Å². The molecular formula is C15H24O3Si. The van der Waals surface area contributed by atoms with Crippen molar-refractivity contribution in [1.82, 2.24) is 0 Å². The number of benzene rings is 1. The minimum absolute atomic E-state index is 0.138. The summed E-state index contributed by atoms with van der Waals surface area (Å²) in [5.41, 5.74) is 0.939. The molecule has 0 aliphatic carbocycles. The van der Waals surface area contributed by atoms with Crippen LogP contribution >= 0.6 is 0 Å². The molecule has 3 nitrogen and oxygen atoms in total. The van der Waals surface area contributed by atoms with Crippen molar-refractivity contribution in [1.29, 1.82) is 0 Å². The second-order valence-corrected chi connectivity index (χ2v) is 10.9. The van der Waals surface area contributed by atoms with Gasteiger partial charge in [-0.2, -0.15) is 0 Å². The summed E-state index contributed by atoms with van der Waals surface area (Å²) in [5.74, 6) is 1.47. The highest BCUT2D eigenvalue weighted by molar-refractivity contribution is 6.74. The van der Waals surface area contributed by atoms with Crippen LogP contribution < -0.4 is 9.16 Å². The molecule has 4 heteroatoms. The van der Waals surface area contributed by atoms with Crippen LogP contribution in [0.25, 0.3) is 0 Å². The van der Waals surface area contributed by atoms with E-state index in [-0.39, 0.29) is 5.04 Å². The van der Waals surface area contributed by atoms with E-state index >= 15 is 0 Å². The summed E-state index contributed by atoms with van der Waals surface area (Å²) in [7, 11) is -0.255. The number of carbonyl (C=O) groups is 1. The number of hydrogen-bond donors (Lipinski definition) is 0. The molecule has 0 saturated carbocycles. The first-order valence-electron chi connectivity index (χ1n) is 6.51. The van der Waals surface area contributed by atoms with Crippen LogP contribution in [-0.4, -0.2) is 21.7 Å². The number of aldehydes is 1. The van der Waals surface area contributed by atoms with Crippen molar-refractivity contribution >= 4 is 14.6 Å². The van der Waals surface area contributed by atoms with E-state index < -0.39 is 8.32 Å². The third kappa shape index (κ3) is 3.83. The van der Waals surface area contributed by atoms with Gasteiger partial charge in [0.1, 0.15) is 12.0 Å². The van der Waals surface area contributed by atoms with Gasteiger partial charge in [-0.05, 0) is 35.8 Å². The van der Waals surface area contributed by atoms with Gasteiger partial charge < -0.3 is 14.0 Å². The van der Waals surface area contributed by atoms with Crippen molar-refractivity contribution < 1.29 is 14.0 Å². The van der Waals surface area contributed by atoms with Gasteiger partial charge in [-0.15, -0.1) is 0 Å². The van der Waals surface area contributed by atoms with Crippen LogP contribution in [0.3, 0.4) is 0 Å². The van der Waals surface area contributed by atoms with Gasteiger partial charge in [-0.3, -0.25) is 0 Å². The predicted octanol–water partition coefficient (Wildman–Crippen LogP) is 3.82. The van der Waals surface area contributed by atoms with Gasteiger partial charge in [0.2, 0.25) is 0 Å². The molecule has 0 amide bonds. The van der Waals surface area contributed by atoms with Crippen LogP contribution in [0, 0.1) is 0 Å². The zero-order chi connectivity index (χ0) is 14.7. The second-order valence-electron chi connectivity index (χ2n) is 6.22. The van der Waals surface area contributed by atoms with Gasteiger partial charge in [0.15, 0.2) is 5.75 Å². The van der Waals surface area contributed by atoms with E-state index in [0.717, 1.165) is 17.6 Å². The summed E-state index contributed by atoms with van der Waals surface area (Å²) >= 11 is 0. The topological polar surface area (TPSA) is 35.5 Å². The monoisotopic (exact) mass is 280 g/mol. The molecule has 106 valence electrons. The Balaban J connectivity index is 3.05. The number of methoxy groups -OCH3 is 1. The van der Waals surface area contributed by atoms with Crippen LogP contribution in [0.1, 0.15) is 26.3 Å². The highest BCUT2D eigenvalue weighted by Crippen LogP contribution is 2.40. The second kappa shape index (κ2) is 5.78. The summed E-state index contributed by atoms with van der Waals surface area (Å²) in [6.07, 6.45) is 1.29.